The van der Waals surface area contributed by atoms with Crippen molar-refractivity contribution in [1.29, 1.82) is 0 Å². The molecule has 212 valence electrons. The third-order valence-corrected chi connectivity index (χ3v) is 12.3. The monoisotopic (exact) mass is 552 g/mol. The highest BCUT2D eigenvalue weighted by atomic mass is 28.4. The Morgan fingerprint density at radius 1 is 1.03 bits per heavy atom. The van der Waals surface area contributed by atoms with Gasteiger partial charge in [-0.2, -0.15) is 0 Å². The average molecular weight is 553 g/mol. The van der Waals surface area contributed by atoms with E-state index >= 15 is 0 Å². The number of carbonyl (C=O) groups is 2. The van der Waals surface area contributed by atoms with Crippen molar-refractivity contribution in [3.05, 3.63) is 78.4 Å². The summed E-state index contributed by atoms with van der Waals surface area (Å²) in [6.07, 6.45) is 1.68. The van der Waals surface area contributed by atoms with Crippen molar-refractivity contribution >= 4 is 20.3 Å². The molecule has 3 atom stereocenters. The van der Waals surface area contributed by atoms with Gasteiger partial charge in [-0.25, -0.2) is 9.59 Å². The molecule has 8 heteroatoms. The Kier molecular flexibility index (Phi) is 10.0. The second-order valence-electron chi connectivity index (χ2n) is 11.5. The number of ether oxygens (including phenoxy) is 2. The molecular formula is C31H44N2O5Si. The normalized spacial score (nSPS) is 20.1. The number of esters is 1. The van der Waals surface area contributed by atoms with E-state index in [0.717, 1.165) is 16.9 Å². The van der Waals surface area contributed by atoms with Crippen LogP contribution < -0.4 is 4.74 Å². The van der Waals surface area contributed by atoms with Gasteiger partial charge in [-0.3, -0.25) is 0 Å². The lowest BCUT2D eigenvalue weighted by molar-refractivity contribution is -0.157. The summed E-state index contributed by atoms with van der Waals surface area (Å²) in [7, 11) is -0.771. The molecule has 1 fully saturated rings. The second-order valence-corrected chi connectivity index (χ2v) is 16.3. The van der Waals surface area contributed by atoms with Crippen molar-refractivity contribution in [3.63, 3.8) is 0 Å². The number of benzene rings is 2. The van der Waals surface area contributed by atoms with E-state index in [-0.39, 0.29) is 30.3 Å². The van der Waals surface area contributed by atoms with Crippen molar-refractivity contribution in [2.75, 3.05) is 20.3 Å². The van der Waals surface area contributed by atoms with E-state index < -0.39 is 26.4 Å². The van der Waals surface area contributed by atoms with Crippen molar-refractivity contribution in [3.8, 4) is 5.75 Å². The molecule has 1 heterocycles. The summed E-state index contributed by atoms with van der Waals surface area (Å²) in [6, 6.07) is 16.0. The molecule has 7 nitrogen and oxygen atoms in total. The smallest absolute Gasteiger partial charge is 0.331 e. The molecular weight excluding hydrogens is 508 g/mol. The Morgan fingerprint density at radius 3 is 2.21 bits per heavy atom. The number of amides is 2. The van der Waals surface area contributed by atoms with Gasteiger partial charge in [-0.15, -0.1) is 6.58 Å². The fourth-order valence-corrected chi connectivity index (χ4v) is 5.99. The third kappa shape index (κ3) is 7.11. The number of nitrogens with zero attached hydrogens (tertiary/aromatic N) is 2. The average Bonchev–Trinajstić information content (AvgIpc) is 2.89. The van der Waals surface area contributed by atoms with Crippen LogP contribution in [0.3, 0.4) is 0 Å². The Bertz CT molecular complexity index is 1110. The molecule has 0 bridgehead atoms. The topological polar surface area (TPSA) is 68.3 Å². The highest BCUT2D eigenvalue weighted by Gasteiger charge is 2.54. The van der Waals surface area contributed by atoms with Gasteiger partial charge in [0.1, 0.15) is 5.75 Å². The number of carbonyl (C=O) groups excluding carboxylic acids is 2. The minimum atomic E-state index is -2.39. The lowest BCUT2D eigenvalue weighted by atomic mass is 9.91. The summed E-state index contributed by atoms with van der Waals surface area (Å²) >= 11 is 0. The van der Waals surface area contributed by atoms with Crippen LogP contribution in [0.25, 0.3) is 0 Å². The van der Waals surface area contributed by atoms with Crippen LogP contribution in [0, 0.1) is 0 Å². The number of rotatable bonds is 11. The fourth-order valence-electron chi connectivity index (χ4n) is 4.67. The van der Waals surface area contributed by atoms with Gasteiger partial charge in [0.25, 0.3) is 0 Å². The van der Waals surface area contributed by atoms with Gasteiger partial charge in [-0.1, -0.05) is 69.3 Å². The minimum Gasteiger partial charge on any atom is -0.497 e. The van der Waals surface area contributed by atoms with Crippen LogP contribution in [0.5, 0.6) is 5.75 Å². The molecule has 0 aromatic heterocycles. The quantitative estimate of drug-likeness (QED) is 0.193. The van der Waals surface area contributed by atoms with Crippen molar-refractivity contribution in [2.24, 2.45) is 0 Å². The van der Waals surface area contributed by atoms with Gasteiger partial charge in [-0.05, 0) is 54.7 Å². The first-order chi connectivity index (χ1) is 18.4. The van der Waals surface area contributed by atoms with Crippen LogP contribution in [0.4, 0.5) is 4.79 Å². The Morgan fingerprint density at radius 2 is 1.67 bits per heavy atom. The van der Waals surface area contributed by atoms with Gasteiger partial charge < -0.3 is 23.7 Å². The van der Waals surface area contributed by atoms with Crippen LogP contribution >= 0.6 is 0 Å². The maximum atomic E-state index is 14.2. The molecule has 0 N–H and O–H groups in total. The molecule has 39 heavy (non-hydrogen) atoms. The number of urea groups is 1. The lowest BCUT2D eigenvalue weighted by Gasteiger charge is -2.52. The van der Waals surface area contributed by atoms with E-state index in [1.165, 1.54) is 0 Å². The van der Waals surface area contributed by atoms with E-state index in [1.807, 2.05) is 54.6 Å². The van der Waals surface area contributed by atoms with E-state index in [1.54, 1.807) is 29.9 Å². The molecule has 3 rings (SSSR count). The number of hydrogen-bond acceptors (Lipinski definition) is 5. The summed E-state index contributed by atoms with van der Waals surface area (Å²) in [4.78, 5) is 31.3. The second kappa shape index (κ2) is 12.8. The molecule has 0 aliphatic carbocycles. The highest BCUT2D eigenvalue weighted by molar-refractivity contribution is 6.74. The molecule has 0 radical (unpaired) electrons. The van der Waals surface area contributed by atoms with Gasteiger partial charge in [0, 0.05) is 13.1 Å². The van der Waals surface area contributed by atoms with Gasteiger partial charge >= 0.3 is 12.0 Å². The van der Waals surface area contributed by atoms with Crippen LogP contribution in [0.15, 0.2) is 67.3 Å². The molecule has 0 spiro atoms. The Labute approximate surface area is 234 Å². The van der Waals surface area contributed by atoms with E-state index in [4.69, 9.17) is 13.9 Å². The first-order valence-electron chi connectivity index (χ1n) is 13.6. The molecule has 2 aromatic carbocycles. The van der Waals surface area contributed by atoms with Crippen molar-refractivity contribution in [2.45, 2.75) is 77.0 Å². The number of methoxy groups -OCH3 is 1. The van der Waals surface area contributed by atoms with E-state index in [0.29, 0.717) is 13.0 Å². The van der Waals surface area contributed by atoms with Crippen LogP contribution in [0.2, 0.25) is 18.1 Å². The summed E-state index contributed by atoms with van der Waals surface area (Å²) in [5.74, 6) is 0.278. The zero-order valence-corrected chi connectivity index (χ0v) is 25.5. The zero-order valence-electron chi connectivity index (χ0n) is 24.5. The summed E-state index contributed by atoms with van der Waals surface area (Å²) in [5.41, 5.74) is 1.95. The van der Waals surface area contributed by atoms with Crippen LogP contribution in [-0.2, 0) is 26.9 Å². The van der Waals surface area contributed by atoms with Gasteiger partial charge in [0.15, 0.2) is 14.4 Å². The molecule has 1 aliphatic rings. The van der Waals surface area contributed by atoms with Gasteiger partial charge in [0.05, 0.1) is 25.9 Å². The van der Waals surface area contributed by atoms with Gasteiger partial charge in [0.2, 0.25) is 0 Å². The predicted octanol–water partition coefficient (Wildman–Crippen LogP) is 6.05. The standard InChI is InChI=1S/C31H44N2O5Si/c1-9-20-32-26(21-23-14-12-11-13-15-23)28(38-39(7,8)31(3,4)5)27(29(34)37-10-2)33(30(32)35)22-24-16-18-25(36-6)19-17-24/h9,11-19,26-28H,1,10,20-22H2,2-8H3/t26-,27+,28+/m0/s1. The third-order valence-electron chi connectivity index (χ3n) is 7.81. The summed E-state index contributed by atoms with van der Waals surface area (Å²) < 4.78 is 18.0. The van der Waals surface area contributed by atoms with Crippen LogP contribution in [0.1, 0.15) is 38.8 Å². The molecule has 0 saturated carbocycles. The first-order valence-corrected chi connectivity index (χ1v) is 16.5. The number of hydrogen-bond donors (Lipinski definition) is 0. The summed E-state index contributed by atoms with van der Waals surface area (Å²) in [6.45, 7) is 17.4. The molecule has 1 aliphatic heterocycles. The highest BCUT2D eigenvalue weighted by Crippen LogP contribution is 2.40. The van der Waals surface area contributed by atoms with Crippen molar-refractivity contribution < 1.29 is 23.5 Å². The molecule has 2 aromatic rings. The molecule has 1 saturated heterocycles. The Hall–Kier alpha value is -3.10. The largest absolute Gasteiger partial charge is 0.497 e. The maximum Gasteiger partial charge on any atom is 0.331 e. The van der Waals surface area contributed by atoms with Crippen LogP contribution in [-0.4, -0.2) is 68.6 Å². The first kappa shape index (κ1) is 30.4. The van der Waals surface area contributed by atoms with E-state index in [9.17, 15) is 9.59 Å². The summed E-state index contributed by atoms with van der Waals surface area (Å²) in [5, 5.41) is -0.102. The van der Waals surface area contributed by atoms with E-state index in [2.05, 4.69) is 40.4 Å². The molecule has 2 amide bonds. The molecule has 0 unspecified atom stereocenters. The Balaban J connectivity index is 2.16. The SMILES string of the molecule is C=CCN1C(=O)N(Cc2ccc(OC)cc2)[C@@H](C(=O)OCC)[C@H](O[Si](C)(C)C(C)(C)C)[C@@H]1Cc1ccccc1. The zero-order chi connectivity index (χ0) is 28.8. The maximum absolute atomic E-state index is 14.2. The lowest BCUT2D eigenvalue weighted by Crippen LogP contribution is -2.71. The predicted molar refractivity (Wildman–Crippen MR) is 157 cm³/mol. The fraction of sp³-hybridized carbons (Fsp3) is 0.484. The minimum absolute atomic E-state index is 0.102. The van der Waals surface area contributed by atoms with Crippen molar-refractivity contribution in [1.82, 2.24) is 9.80 Å².